The summed E-state index contributed by atoms with van der Waals surface area (Å²) in [6.07, 6.45) is 2.90. The number of likely N-dealkylation sites (tertiary alicyclic amines) is 1. The molecule has 2 N–H and O–H groups in total. The van der Waals surface area contributed by atoms with Crippen LogP contribution in [0.3, 0.4) is 0 Å². The Labute approximate surface area is 193 Å². The maximum atomic E-state index is 13.2. The van der Waals surface area contributed by atoms with Crippen LogP contribution in [-0.4, -0.2) is 49.2 Å². The highest BCUT2D eigenvalue weighted by atomic mass is 35.5. The van der Waals surface area contributed by atoms with Gasteiger partial charge in [0.1, 0.15) is 5.82 Å². The molecule has 1 fully saturated rings. The molecule has 1 aliphatic heterocycles. The molecule has 1 aromatic heterocycles. The van der Waals surface area contributed by atoms with Crippen LogP contribution in [0.5, 0.6) is 0 Å². The number of carbonyl (C=O) groups is 2. The fourth-order valence-corrected chi connectivity index (χ4v) is 5.07. The zero-order valence-corrected chi connectivity index (χ0v) is 19.8. The summed E-state index contributed by atoms with van der Waals surface area (Å²) in [6, 6.07) is 7.42. The van der Waals surface area contributed by atoms with E-state index in [4.69, 9.17) is 11.6 Å². The second-order valence-electron chi connectivity index (χ2n) is 8.17. The molecule has 8 nitrogen and oxygen atoms in total. The smallest absolute Gasteiger partial charge is 0.255 e. The van der Waals surface area contributed by atoms with Gasteiger partial charge in [0.05, 0.1) is 21.4 Å². The number of benzene rings is 1. The molecule has 0 aliphatic carbocycles. The number of carbonyl (C=O) groups excluding carboxylic acids is 2. The van der Waals surface area contributed by atoms with Crippen molar-refractivity contribution in [1.29, 1.82) is 0 Å². The van der Waals surface area contributed by atoms with Gasteiger partial charge < -0.3 is 10.2 Å². The van der Waals surface area contributed by atoms with Crippen molar-refractivity contribution in [3.05, 3.63) is 52.7 Å². The molecule has 2 amide bonds. The third-order valence-corrected chi connectivity index (χ3v) is 7.19. The fraction of sp³-hybridized carbons (Fsp3) is 0.409. The lowest BCUT2D eigenvalue weighted by molar-refractivity contribution is -0.121. The first-order chi connectivity index (χ1) is 15.1. The van der Waals surface area contributed by atoms with Crippen LogP contribution in [0.4, 0.5) is 5.82 Å². The third kappa shape index (κ3) is 5.65. The molecule has 0 radical (unpaired) electrons. The van der Waals surface area contributed by atoms with Crippen molar-refractivity contribution in [3.8, 4) is 0 Å². The molecule has 1 saturated heterocycles. The van der Waals surface area contributed by atoms with Crippen molar-refractivity contribution in [2.24, 2.45) is 5.92 Å². The number of halogens is 1. The van der Waals surface area contributed by atoms with E-state index in [1.165, 1.54) is 18.2 Å². The SMILES string of the molecule is Cc1cccnc1NC(=O)C1CCCN(C(=O)c2cc(S(=O)(=O)NC(C)C)ccc2Cl)C1. The monoisotopic (exact) mass is 478 g/mol. The van der Waals surface area contributed by atoms with Gasteiger partial charge in [-0.15, -0.1) is 0 Å². The molecule has 1 unspecified atom stereocenters. The fourth-order valence-electron chi connectivity index (χ4n) is 3.60. The lowest BCUT2D eigenvalue weighted by Gasteiger charge is -2.32. The summed E-state index contributed by atoms with van der Waals surface area (Å²) in [7, 11) is -3.78. The van der Waals surface area contributed by atoms with Gasteiger partial charge in [0.25, 0.3) is 5.91 Å². The second kappa shape index (κ2) is 9.97. The minimum atomic E-state index is -3.78. The third-order valence-electron chi connectivity index (χ3n) is 5.20. The first kappa shape index (κ1) is 24.2. The van der Waals surface area contributed by atoms with Crippen molar-refractivity contribution in [2.45, 2.75) is 44.6 Å². The van der Waals surface area contributed by atoms with E-state index in [9.17, 15) is 18.0 Å². The molecular weight excluding hydrogens is 452 g/mol. The van der Waals surface area contributed by atoms with E-state index >= 15 is 0 Å². The minimum Gasteiger partial charge on any atom is -0.338 e. The lowest BCUT2D eigenvalue weighted by Crippen LogP contribution is -2.44. The Balaban J connectivity index is 1.77. The van der Waals surface area contributed by atoms with E-state index in [0.29, 0.717) is 25.2 Å². The number of hydrogen-bond acceptors (Lipinski definition) is 5. The highest BCUT2D eigenvalue weighted by Crippen LogP contribution is 2.26. The molecular formula is C22H27ClN4O4S. The molecule has 1 atom stereocenters. The van der Waals surface area contributed by atoms with Crippen LogP contribution in [0, 0.1) is 12.8 Å². The van der Waals surface area contributed by atoms with Crippen LogP contribution >= 0.6 is 11.6 Å². The van der Waals surface area contributed by atoms with Gasteiger partial charge in [0.15, 0.2) is 0 Å². The van der Waals surface area contributed by atoms with E-state index in [1.54, 1.807) is 31.0 Å². The second-order valence-corrected chi connectivity index (χ2v) is 10.3. The van der Waals surface area contributed by atoms with Gasteiger partial charge in [0, 0.05) is 25.3 Å². The molecule has 32 heavy (non-hydrogen) atoms. The van der Waals surface area contributed by atoms with Gasteiger partial charge in [-0.1, -0.05) is 17.7 Å². The summed E-state index contributed by atoms with van der Waals surface area (Å²) in [5.74, 6) is -0.502. The van der Waals surface area contributed by atoms with Crippen LogP contribution in [0.15, 0.2) is 41.4 Å². The normalized spacial score (nSPS) is 16.8. The van der Waals surface area contributed by atoms with Crippen molar-refractivity contribution in [1.82, 2.24) is 14.6 Å². The maximum absolute atomic E-state index is 13.2. The minimum absolute atomic E-state index is 0.0316. The molecule has 172 valence electrons. The molecule has 2 aromatic rings. The van der Waals surface area contributed by atoms with E-state index in [2.05, 4.69) is 15.0 Å². The summed E-state index contributed by atoms with van der Waals surface area (Å²) < 4.78 is 27.5. The molecule has 1 aliphatic rings. The lowest BCUT2D eigenvalue weighted by atomic mass is 9.96. The number of nitrogens with one attached hydrogen (secondary N) is 2. The van der Waals surface area contributed by atoms with Crippen molar-refractivity contribution in [2.75, 3.05) is 18.4 Å². The standard InChI is InChI=1S/C22H27ClN4O4S/c1-14(2)26-32(30,31)17-8-9-19(23)18(12-17)22(29)27-11-5-7-16(13-27)21(28)25-20-15(3)6-4-10-24-20/h4,6,8-10,12,14,16,26H,5,7,11,13H2,1-3H3,(H,24,25,28). The molecule has 0 spiro atoms. The largest absolute Gasteiger partial charge is 0.338 e. The highest BCUT2D eigenvalue weighted by Gasteiger charge is 2.31. The van der Waals surface area contributed by atoms with Gasteiger partial charge in [-0.05, 0) is 63.4 Å². The number of aryl methyl sites for hydroxylation is 1. The van der Waals surface area contributed by atoms with Gasteiger partial charge >= 0.3 is 0 Å². The van der Waals surface area contributed by atoms with Gasteiger partial charge in [-0.2, -0.15) is 0 Å². The number of pyridine rings is 1. The Morgan fingerprint density at radius 2 is 2.00 bits per heavy atom. The number of piperidine rings is 1. The summed E-state index contributed by atoms with van der Waals surface area (Å²) in [5, 5.41) is 3.00. The van der Waals surface area contributed by atoms with Gasteiger partial charge in [-0.25, -0.2) is 18.1 Å². The topological polar surface area (TPSA) is 108 Å². The molecule has 1 aromatic carbocycles. The summed E-state index contributed by atoms with van der Waals surface area (Å²) in [5.41, 5.74) is 0.948. The van der Waals surface area contributed by atoms with Crippen molar-refractivity contribution >= 4 is 39.3 Å². The molecule has 2 heterocycles. The van der Waals surface area contributed by atoms with E-state index in [0.717, 1.165) is 5.56 Å². The van der Waals surface area contributed by atoms with Gasteiger partial charge in [-0.3, -0.25) is 9.59 Å². The van der Waals surface area contributed by atoms with Crippen molar-refractivity contribution in [3.63, 3.8) is 0 Å². The quantitative estimate of drug-likeness (QED) is 0.662. The molecule has 3 rings (SSSR count). The number of rotatable bonds is 6. The predicted octanol–water partition coefficient (Wildman–Crippen LogP) is 3.22. The Hall–Kier alpha value is -2.49. The van der Waals surface area contributed by atoms with Crippen LogP contribution in [-0.2, 0) is 14.8 Å². The Morgan fingerprint density at radius 3 is 2.69 bits per heavy atom. The zero-order valence-electron chi connectivity index (χ0n) is 18.3. The Kier molecular flexibility index (Phi) is 7.53. The van der Waals surface area contributed by atoms with Gasteiger partial charge in [0.2, 0.25) is 15.9 Å². The number of anilines is 1. The Morgan fingerprint density at radius 1 is 1.25 bits per heavy atom. The van der Waals surface area contributed by atoms with Crippen LogP contribution < -0.4 is 10.0 Å². The zero-order chi connectivity index (χ0) is 23.5. The average Bonchev–Trinajstić information content (AvgIpc) is 2.74. The maximum Gasteiger partial charge on any atom is 0.255 e. The van der Waals surface area contributed by atoms with Crippen LogP contribution in [0.25, 0.3) is 0 Å². The number of nitrogens with zero attached hydrogens (tertiary/aromatic N) is 2. The summed E-state index contributed by atoms with van der Waals surface area (Å²) >= 11 is 6.24. The molecule has 10 heteroatoms. The van der Waals surface area contributed by atoms with Crippen LogP contribution in [0.2, 0.25) is 5.02 Å². The Bertz CT molecular complexity index is 1120. The first-order valence-electron chi connectivity index (χ1n) is 10.4. The van der Waals surface area contributed by atoms with Crippen molar-refractivity contribution < 1.29 is 18.0 Å². The first-order valence-corrected chi connectivity index (χ1v) is 12.3. The van der Waals surface area contributed by atoms with E-state index < -0.39 is 21.8 Å². The van der Waals surface area contributed by atoms with E-state index in [-0.39, 0.29) is 34.0 Å². The summed E-state index contributed by atoms with van der Waals surface area (Å²) in [6.45, 7) is 5.96. The molecule has 0 saturated carbocycles. The predicted molar refractivity (Wildman–Crippen MR) is 123 cm³/mol. The highest BCUT2D eigenvalue weighted by molar-refractivity contribution is 7.89. The number of amides is 2. The number of sulfonamides is 1. The number of hydrogen-bond donors (Lipinski definition) is 2. The summed E-state index contributed by atoms with van der Waals surface area (Å²) in [4.78, 5) is 31.7. The number of aromatic nitrogens is 1. The molecule has 0 bridgehead atoms. The van der Waals surface area contributed by atoms with E-state index in [1.807, 2.05) is 13.0 Å². The average molecular weight is 479 g/mol. The van der Waals surface area contributed by atoms with Crippen LogP contribution in [0.1, 0.15) is 42.6 Å².